The van der Waals surface area contributed by atoms with E-state index in [-0.39, 0.29) is 35.2 Å². The number of amides is 2. The Kier molecular flexibility index (Phi) is 10.5. The zero-order valence-electron chi connectivity index (χ0n) is 21.8. The van der Waals surface area contributed by atoms with Crippen LogP contribution in [0.25, 0.3) is 0 Å². The van der Waals surface area contributed by atoms with E-state index in [4.69, 9.17) is 0 Å². The number of carbonyl (C=O) groups is 2. The van der Waals surface area contributed by atoms with E-state index in [1.165, 1.54) is 5.56 Å². The molecule has 2 N–H and O–H groups in total. The van der Waals surface area contributed by atoms with Gasteiger partial charge in [-0.1, -0.05) is 80.6 Å². The average Bonchev–Trinajstić information content (AvgIpc) is 2.88. The SMILES string of the molecule is CC1(C)CC(NC(=O)c2ccccc2)C(Cc2ccccc2)C(NC(=O)c2ccccc2)C1.[CH3][Ti][CH3]. The van der Waals surface area contributed by atoms with E-state index >= 15 is 0 Å². The maximum absolute atomic E-state index is 13.1. The molecule has 4 rings (SSSR count). The fourth-order valence-corrected chi connectivity index (χ4v) is 5.03. The molecule has 0 aliphatic heterocycles. The molecule has 2 atom stereocenters. The van der Waals surface area contributed by atoms with Gasteiger partial charge in [0.25, 0.3) is 11.8 Å². The fourth-order valence-electron chi connectivity index (χ4n) is 5.03. The van der Waals surface area contributed by atoms with Gasteiger partial charge in [0.1, 0.15) is 0 Å². The molecular weight excluding hydrogens is 480 g/mol. The third kappa shape index (κ3) is 8.18. The van der Waals surface area contributed by atoms with Crippen LogP contribution in [0.1, 0.15) is 53.0 Å². The van der Waals surface area contributed by atoms with Gasteiger partial charge in [0.15, 0.2) is 0 Å². The molecular formula is C31H38N2O2Ti. The van der Waals surface area contributed by atoms with Crippen molar-refractivity contribution in [3.05, 3.63) is 108 Å². The standard InChI is InChI=1S/C29H32N2O2.2CH3.Ti/c1-29(2)19-25(30-27(32)22-14-8-4-9-15-22)24(18-21-12-6-3-7-13-21)26(20-29)31-28(33)23-16-10-5-11-17-23;;;/h3-17,24-26H,18-20H2,1-2H3,(H,30,32)(H,31,33);2*1H3;. The van der Waals surface area contributed by atoms with Crippen LogP contribution in [-0.4, -0.2) is 23.9 Å². The van der Waals surface area contributed by atoms with Gasteiger partial charge in [-0.2, -0.15) is 0 Å². The zero-order valence-corrected chi connectivity index (χ0v) is 23.4. The van der Waals surface area contributed by atoms with Crippen molar-refractivity contribution < 1.29 is 28.7 Å². The molecule has 0 heterocycles. The number of hydrogen-bond donors (Lipinski definition) is 2. The van der Waals surface area contributed by atoms with E-state index < -0.39 is 0 Å². The Hall–Kier alpha value is -2.69. The molecule has 36 heavy (non-hydrogen) atoms. The molecule has 0 bridgehead atoms. The molecule has 1 fully saturated rings. The van der Waals surface area contributed by atoms with E-state index in [9.17, 15) is 9.59 Å². The zero-order chi connectivity index (χ0) is 26.0. The molecule has 3 aromatic rings. The van der Waals surface area contributed by atoms with Gasteiger partial charge >= 0.3 is 29.6 Å². The van der Waals surface area contributed by atoms with Crippen LogP contribution in [0, 0.1) is 11.3 Å². The molecule has 2 amide bonds. The molecule has 0 radical (unpaired) electrons. The first-order valence-electron chi connectivity index (χ1n) is 12.7. The van der Waals surface area contributed by atoms with Crippen LogP contribution in [0.5, 0.6) is 0 Å². The van der Waals surface area contributed by atoms with Gasteiger partial charge in [-0.25, -0.2) is 0 Å². The predicted molar refractivity (Wildman–Crippen MR) is 144 cm³/mol. The Bertz CT molecular complexity index is 1020. The summed E-state index contributed by atoms with van der Waals surface area (Å²) in [5, 5.41) is 11.1. The van der Waals surface area contributed by atoms with Crippen molar-refractivity contribution in [2.75, 3.05) is 0 Å². The molecule has 4 nitrogen and oxygen atoms in total. The van der Waals surface area contributed by atoms with Gasteiger partial charge in [-0.15, -0.1) is 0 Å². The Morgan fingerprint density at radius 1 is 0.722 bits per heavy atom. The second-order valence-electron chi connectivity index (χ2n) is 10.3. The van der Waals surface area contributed by atoms with E-state index in [1.54, 1.807) is 0 Å². The Morgan fingerprint density at radius 3 is 1.47 bits per heavy atom. The Labute approximate surface area is 225 Å². The van der Waals surface area contributed by atoms with Crippen LogP contribution < -0.4 is 10.6 Å². The third-order valence-corrected chi connectivity index (χ3v) is 6.60. The molecule has 188 valence electrons. The Morgan fingerprint density at radius 2 is 1.08 bits per heavy atom. The number of hydrogen-bond acceptors (Lipinski definition) is 2. The summed E-state index contributed by atoms with van der Waals surface area (Å²) < 4.78 is 0. The van der Waals surface area contributed by atoms with Gasteiger partial charge in [0.05, 0.1) is 0 Å². The van der Waals surface area contributed by atoms with E-state index in [0.717, 1.165) is 19.3 Å². The summed E-state index contributed by atoms with van der Waals surface area (Å²) in [6, 6.07) is 28.9. The van der Waals surface area contributed by atoms with Crippen LogP contribution in [0.15, 0.2) is 91.0 Å². The van der Waals surface area contributed by atoms with Crippen LogP contribution in [0.3, 0.4) is 0 Å². The summed E-state index contributed by atoms with van der Waals surface area (Å²) >= 11 is 0.500. The first-order chi connectivity index (χ1) is 17.3. The van der Waals surface area contributed by atoms with Crippen LogP contribution in [0.4, 0.5) is 0 Å². The molecule has 0 spiro atoms. The Balaban J connectivity index is 0.00000115. The van der Waals surface area contributed by atoms with Gasteiger partial charge in [-0.05, 0) is 54.5 Å². The molecule has 3 aromatic carbocycles. The molecule has 5 heteroatoms. The van der Waals surface area contributed by atoms with Crippen molar-refractivity contribution in [3.63, 3.8) is 0 Å². The summed E-state index contributed by atoms with van der Waals surface area (Å²) in [5.74, 6) is -0.0465. The van der Waals surface area contributed by atoms with Crippen LogP contribution in [0.2, 0.25) is 10.5 Å². The number of rotatable bonds is 6. The first-order valence-corrected chi connectivity index (χ1v) is 15.8. The topological polar surface area (TPSA) is 58.2 Å². The third-order valence-electron chi connectivity index (χ3n) is 6.60. The molecule has 2 unspecified atom stereocenters. The molecule has 1 aliphatic rings. The summed E-state index contributed by atoms with van der Waals surface area (Å²) in [6.07, 6.45) is 2.51. The van der Waals surface area contributed by atoms with E-state index in [1.807, 2.05) is 78.9 Å². The number of carbonyl (C=O) groups excluding carboxylic acids is 2. The second-order valence-corrected chi connectivity index (χ2v) is 11.9. The van der Waals surface area contributed by atoms with Gasteiger partial charge in [-0.3, -0.25) is 9.59 Å². The van der Waals surface area contributed by atoms with Crippen molar-refractivity contribution in [1.82, 2.24) is 10.6 Å². The summed E-state index contributed by atoms with van der Waals surface area (Å²) in [7, 11) is 0. The van der Waals surface area contributed by atoms with Crippen LogP contribution >= 0.6 is 0 Å². The number of nitrogens with one attached hydrogen (secondary N) is 2. The quantitative estimate of drug-likeness (QED) is 0.370. The fraction of sp³-hybridized carbons (Fsp3) is 0.355. The molecule has 1 aliphatic carbocycles. The minimum atomic E-state index is -0.0653. The van der Waals surface area contributed by atoms with Gasteiger partial charge < -0.3 is 10.6 Å². The summed E-state index contributed by atoms with van der Waals surface area (Å²) in [6.45, 7) is 4.43. The first kappa shape index (κ1) is 27.9. The van der Waals surface area contributed by atoms with Crippen molar-refractivity contribution in [3.8, 4) is 0 Å². The van der Waals surface area contributed by atoms with Crippen molar-refractivity contribution in [2.24, 2.45) is 11.3 Å². The van der Waals surface area contributed by atoms with Gasteiger partial charge in [0, 0.05) is 29.1 Å². The molecule has 1 saturated carbocycles. The van der Waals surface area contributed by atoms with Gasteiger partial charge in [0.2, 0.25) is 0 Å². The average molecular weight is 519 g/mol. The van der Waals surface area contributed by atoms with E-state index in [0.29, 0.717) is 30.3 Å². The molecule has 0 aromatic heterocycles. The molecule has 0 saturated heterocycles. The van der Waals surface area contributed by atoms with Crippen molar-refractivity contribution in [2.45, 2.75) is 55.7 Å². The monoisotopic (exact) mass is 518 g/mol. The predicted octanol–water partition coefficient (Wildman–Crippen LogP) is 6.43. The number of benzene rings is 3. The summed E-state index contributed by atoms with van der Waals surface area (Å²) in [5.41, 5.74) is 2.50. The normalized spacial score (nSPS) is 20.3. The summed E-state index contributed by atoms with van der Waals surface area (Å²) in [4.78, 5) is 26.1. The maximum atomic E-state index is 13.1. The minimum absolute atomic E-state index is 0.0174. The van der Waals surface area contributed by atoms with Crippen molar-refractivity contribution in [1.29, 1.82) is 0 Å². The van der Waals surface area contributed by atoms with E-state index in [2.05, 4.69) is 47.1 Å². The van der Waals surface area contributed by atoms with Crippen LogP contribution in [-0.2, 0) is 25.6 Å². The van der Waals surface area contributed by atoms with Crippen molar-refractivity contribution >= 4 is 11.8 Å². The second kappa shape index (κ2) is 13.6.